The second-order valence-electron chi connectivity index (χ2n) is 3.27. The number of benzene rings is 1. The summed E-state index contributed by atoms with van der Waals surface area (Å²) in [6.07, 6.45) is 1.96. The molecule has 1 aromatic carbocycles. The van der Waals surface area contributed by atoms with Gasteiger partial charge in [-0.15, -0.1) is 0 Å². The molecule has 4 heteroatoms. The summed E-state index contributed by atoms with van der Waals surface area (Å²) < 4.78 is 5.38. The Hall–Kier alpha value is -2.15. The summed E-state index contributed by atoms with van der Waals surface area (Å²) in [4.78, 5) is 8.39. The Balaban J connectivity index is 2.41. The third kappa shape index (κ3) is 2.09. The van der Waals surface area contributed by atoms with Crippen LogP contribution in [0.5, 0.6) is 5.75 Å². The Morgan fingerprint density at radius 1 is 1.44 bits per heavy atom. The molecule has 0 amide bonds. The van der Waals surface area contributed by atoms with E-state index in [2.05, 4.69) is 9.97 Å². The van der Waals surface area contributed by atoms with Crippen LogP contribution in [0.1, 0.15) is 12.7 Å². The summed E-state index contributed by atoms with van der Waals surface area (Å²) in [6, 6.07) is 7.68. The van der Waals surface area contributed by atoms with Crippen LogP contribution in [0.2, 0.25) is 0 Å². The zero-order valence-corrected chi connectivity index (χ0v) is 8.97. The molecule has 1 heterocycles. The van der Waals surface area contributed by atoms with Gasteiger partial charge >= 0.3 is 0 Å². The number of hydrogen-bond acceptors (Lipinski definition) is 4. The molecule has 0 N–H and O–H groups in total. The molecule has 0 aliphatic carbocycles. The predicted octanol–water partition coefficient (Wildman–Crippen LogP) is 2.09. The van der Waals surface area contributed by atoms with Gasteiger partial charge in [0.2, 0.25) is 0 Å². The van der Waals surface area contributed by atoms with E-state index in [0.717, 1.165) is 16.7 Å². The second kappa shape index (κ2) is 4.58. The van der Waals surface area contributed by atoms with Crippen LogP contribution < -0.4 is 4.74 Å². The highest BCUT2D eigenvalue weighted by Crippen LogP contribution is 2.18. The first-order valence-corrected chi connectivity index (χ1v) is 5.09. The fourth-order valence-electron chi connectivity index (χ4n) is 1.46. The number of ether oxygens (including phenoxy) is 1. The Labute approximate surface area is 93.5 Å². The van der Waals surface area contributed by atoms with Crippen LogP contribution in [0.15, 0.2) is 24.4 Å². The van der Waals surface area contributed by atoms with E-state index in [0.29, 0.717) is 12.4 Å². The van der Waals surface area contributed by atoms with Crippen molar-refractivity contribution in [1.29, 1.82) is 5.26 Å². The number of aromatic nitrogens is 2. The Morgan fingerprint density at radius 3 is 3.06 bits per heavy atom. The highest BCUT2D eigenvalue weighted by atomic mass is 16.5. The van der Waals surface area contributed by atoms with Gasteiger partial charge in [0.25, 0.3) is 0 Å². The van der Waals surface area contributed by atoms with Gasteiger partial charge in [-0.3, -0.25) is 0 Å². The van der Waals surface area contributed by atoms with Crippen LogP contribution in [0, 0.1) is 11.3 Å². The largest absolute Gasteiger partial charge is 0.494 e. The summed E-state index contributed by atoms with van der Waals surface area (Å²) in [5, 5.41) is 9.48. The van der Waals surface area contributed by atoms with E-state index in [1.165, 1.54) is 0 Å². The van der Waals surface area contributed by atoms with E-state index >= 15 is 0 Å². The van der Waals surface area contributed by atoms with Crippen molar-refractivity contribution in [2.75, 3.05) is 6.61 Å². The number of nitrogens with zero attached hydrogens (tertiary/aromatic N) is 3. The minimum Gasteiger partial charge on any atom is -0.494 e. The lowest BCUT2D eigenvalue weighted by molar-refractivity contribution is 0.340. The predicted molar refractivity (Wildman–Crippen MR) is 60.0 cm³/mol. The summed E-state index contributed by atoms with van der Waals surface area (Å²) in [7, 11) is 0. The lowest BCUT2D eigenvalue weighted by atomic mass is 10.2. The average Bonchev–Trinajstić information content (AvgIpc) is 2.30. The number of fused-ring (bicyclic) bond motifs is 1. The zero-order valence-electron chi connectivity index (χ0n) is 8.97. The monoisotopic (exact) mass is 213 g/mol. The molecule has 4 nitrogen and oxygen atoms in total. The van der Waals surface area contributed by atoms with Crippen LogP contribution in [-0.4, -0.2) is 16.6 Å². The van der Waals surface area contributed by atoms with Crippen molar-refractivity contribution < 1.29 is 4.74 Å². The van der Waals surface area contributed by atoms with Crippen molar-refractivity contribution in [2.45, 2.75) is 13.3 Å². The standard InChI is InChI=1S/C12H11N3O/c1-2-16-10-3-4-11-9(7-10)8-14-12(15-11)5-6-13/h3-4,7-8H,2,5H2,1H3. The number of rotatable bonds is 3. The second-order valence-corrected chi connectivity index (χ2v) is 3.27. The molecular weight excluding hydrogens is 202 g/mol. The first-order valence-electron chi connectivity index (χ1n) is 5.09. The molecule has 0 saturated heterocycles. The fraction of sp³-hybridized carbons (Fsp3) is 0.250. The minimum atomic E-state index is 0.239. The minimum absolute atomic E-state index is 0.239. The lowest BCUT2D eigenvalue weighted by Gasteiger charge is -2.04. The van der Waals surface area contributed by atoms with Crippen molar-refractivity contribution in [3.8, 4) is 11.8 Å². The number of hydrogen-bond donors (Lipinski definition) is 0. The van der Waals surface area contributed by atoms with Gasteiger partial charge < -0.3 is 4.74 Å². The Morgan fingerprint density at radius 2 is 2.31 bits per heavy atom. The molecule has 0 bridgehead atoms. The van der Waals surface area contributed by atoms with E-state index < -0.39 is 0 Å². The average molecular weight is 213 g/mol. The summed E-state index contributed by atoms with van der Waals surface area (Å²) in [5.74, 6) is 1.37. The summed E-state index contributed by atoms with van der Waals surface area (Å²) in [5.41, 5.74) is 0.837. The quantitative estimate of drug-likeness (QED) is 0.783. The molecule has 0 spiro atoms. The van der Waals surface area contributed by atoms with E-state index in [4.69, 9.17) is 10.00 Å². The van der Waals surface area contributed by atoms with Gasteiger partial charge in [-0.25, -0.2) is 9.97 Å². The van der Waals surface area contributed by atoms with E-state index in [1.807, 2.05) is 31.2 Å². The first kappa shape index (κ1) is 10.4. The molecule has 0 aliphatic rings. The molecule has 0 radical (unpaired) electrons. The maximum absolute atomic E-state index is 8.56. The van der Waals surface area contributed by atoms with Crippen molar-refractivity contribution in [3.05, 3.63) is 30.2 Å². The van der Waals surface area contributed by atoms with E-state index in [9.17, 15) is 0 Å². The SMILES string of the molecule is CCOc1ccc2nc(CC#N)ncc2c1. The van der Waals surface area contributed by atoms with Crippen LogP contribution in [-0.2, 0) is 6.42 Å². The topological polar surface area (TPSA) is 58.8 Å². The molecule has 1 aromatic heterocycles. The molecule has 0 fully saturated rings. The molecule has 0 aliphatic heterocycles. The van der Waals surface area contributed by atoms with Gasteiger partial charge in [0.05, 0.1) is 24.6 Å². The third-order valence-corrected chi connectivity index (χ3v) is 2.15. The fourth-order valence-corrected chi connectivity index (χ4v) is 1.46. The van der Waals surface area contributed by atoms with Gasteiger partial charge in [-0.2, -0.15) is 5.26 Å². The highest BCUT2D eigenvalue weighted by Gasteiger charge is 2.01. The van der Waals surface area contributed by atoms with Crippen LogP contribution >= 0.6 is 0 Å². The normalized spacial score (nSPS) is 10.0. The van der Waals surface area contributed by atoms with E-state index in [-0.39, 0.29) is 6.42 Å². The van der Waals surface area contributed by atoms with Gasteiger partial charge in [0.1, 0.15) is 11.6 Å². The van der Waals surface area contributed by atoms with Crippen LogP contribution in [0.25, 0.3) is 10.9 Å². The maximum Gasteiger partial charge on any atom is 0.143 e. The Bertz CT molecular complexity index is 545. The van der Waals surface area contributed by atoms with Gasteiger partial charge in [-0.05, 0) is 25.1 Å². The Kier molecular flexibility index (Phi) is 2.97. The van der Waals surface area contributed by atoms with Gasteiger partial charge in [0.15, 0.2) is 0 Å². The zero-order chi connectivity index (χ0) is 11.4. The summed E-state index contributed by atoms with van der Waals surface area (Å²) in [6.45, 7) is 2.58. The lowest BCUT2D eigenvalue weighted by Crippen LogP contribution is -1.95. The third-order valence-electron chi connectivity index (χ3n) is 2.15. The maximum atomic E-state index is 8.56. The smallest absolute Gasteiger partial charge is 0.143 e. The van der Waals surface area contributed by atoms with E-state index in [1.54, 1.807) is 6.20 Å². The van der Waals surface area contributed by atoms with Crippen molar-refractivity contribution in [3.63, 3.8) is 0 Å². The van der Waals surface area contributed by atoms with Gasteiger partial charge in [0, 0.05) is 11.6 Å². The van der Waals surface area contributed by atoms with Crippen molar-refractivity contribution >= 4 is 10.9 Å². The molecule has 2 rings (SSSR count). The highest BCUT2D eigenvalue weighted by molar-refractivity contribution is 5.79. The molecule has 0 saturated carbocycles. The van der Waals surface area contributed by atoms with Crippen molar-refractivity contribution in [2.24, 2.45) is 0 Å². The molecule has 0 unspecified atom stereocenters. The van der Waals surface area contributed by atoms with Gasteiger partial charge in [-0.1, -0.05) is 0 Å². The number of nitriles is 1. The molecular formula is C12H11N3O. The molecule has 0 atom stereocenters. The first-order chi connectivity index (χ1) is 7.83. The summed E-state index contributed by atoms with van der Waals surface area (Å²) >= 11 is 0. The molecule has 2 aromatic rings. The van der Waals surface area contributed by atoms with Crippen LogP contribution in [0.3, 0.4) is 0 Å². The molecule has 16 heavy (non-hydrogen) atoms. The molecule has 80 valence electrons. The van der Waals surface area contributed by atoms with Crippen LogP contribution in [0.4, 0.5) is 0 Å². The van der Waals surface area contributed by atoms with Crippen molar-refractivity contribution in [1.82, 2.24) is 9.97 Å².